The molecule has 1 aliphatic rings. The van der Waals surface area contributed by atoms with Gasteiger partial charge in [-0.1, -0.05) is 0 Å². The Labute approximate surface area is 114 Å². The second-order valence-corrected chi connectivity index (χ2v) is 4.88. The zero-order chi connectivity index (χ0) is 13.7. The molecule has 19 heavy (non-hydrogen) atoms. The molecule has 1 fully saturated rings. The van der Waals surface area contributed by atoms with Crippen LogP contribution in [0.5, 0.6) is 0 Å². The van der Waals surface area contributed by atoms with Crippen LogP contribution in [-0.2, 0) is 9.53 Å². The van der Waals surface area contributed by atoms with E-state index in [1.807, 2.05) is 43.3 Å². The van der Waals surface area contributed by atoms with Gasteiger partial charge in [0.2, 0.25) is 5.91 Å². The largest absolute Gasteiger partial charge is 0.379 e. The molecule has 0 bridgehead atoms. The Morgan fingerprint density at radius 3 is 2.47 bits per heavy atom. The summed E-state index contributed by atoms with van der Waals surface area (Å²) in [5, 5.41) is 2.92. The van der Waals surface area contributed by atoms with Gasteiger partial charge in [-0.05, 0) is 24.3 Å². The van der Waals surface area contributed by atoms with E-state index in [4.69, 9.17) is 4.74 Å². The standard InChI is InChI=1S/C14H21N3O2/c1-16(2)13-5-3-12(4-6-13)15-14(18)11-17-7-9-19-10-8-17/h3-6H,7-11H2,1-2H3,(H,15,18). The molecule has 0 aliphatic carbocycles. The van der Waals surface area contributed by atoms with Gasteiger partial charge in [0, 0.05) is 38.6 Å². The molecular weight excluding hydrogens is 242 g/mol. The molecule has 1 aliphatic heterocycles. The average molecular weight is 263 g/mol. The summed E-state index contributed by atoms with van der Waals surface area (Å²) in [4.78, 5) is 16.0. The van der Waals surface area contributed by atoms with Crippen molar-refractivity contribution in [1.29, 1.82) is 0 Å². The monoisotopic (exact) mass is 263 g/mol. The van der Waals surface area contributed by atoms with Gasteiger partial charge in [-0.2, -0.15) is 0 Å². The first-order chi connectivity index (χ1) is 9.15. The molecular formula is C14H21N3O2. The predicted octanol–water partition coefficient (Wildman–Crippen LogP) is 1.02. The molecule has 1 saturated heterocycles. The van der Waals surface area contributed by atoms with Gasteiger partial charge in [-0.3, -0.25) is 9.69 Å². The number of hydrogen-bond acceptors (Lipinski definition) is 4. The molecule has 2 rings (SSSR count). The molecule has 0 unspecified atom stereocenters. The molecule has 0 aromatic heterocycles. The minimum Gasteiger partial charge on any atom is -0.379 e. The minimum atomic E-state index is 0.0273. The molecule has 104 valence electrons. The molecule has 0 radical (unpaired) electrons. The SMILES string of the molecule is CN(C)c1ccc(NC(=O)CN2CCOCC2)cc1. The summed E-state index contributed by atoms with van der Waals surface area (Å²) in [5.41, 5.74) is 1.95. The van der Waals surface area contributed by atoms with Crippen molar-refractivity contribution in [3.63, 3.8) is 0 Å². The second kappa shape index (κ2) is 6.54. The number of hydrogen-bond donors (Lipinski definition) is 1. The van der Waals surface area contributed by atoms with E-state index < -0.39 is 0 Å². The zero-order valence-electron chi connectivity index (χ0n) is 11.6. The number of carbonyl (C=O) groups excluding carboxylic acids is 1. The summed E-state index contributed by atoms with van der Waals surface area (Å²) in [6.45, 7) is 3.51. The third kappa shape index (κ3) is 4.22. The van der Waals surface area contributed by atoms with Gasteiger partial charge >= 0.3 is 0 Å². The van der Waals surface area contributed by atoms with Gasteiger partial charge in [0.05, 0.1) is 19.8 Å². The highest BCUT2D eigenvalue weighted by atomic mass is 16.5. The number of ether oxygens (including phenoxy) is 1. The zero-order valence-corrected chi connectivity index (χ0v) is 11.6. The van der Waals surface area contributed by atoms with Crippen LogP contribution in [0.3, 0.4) is 0 Å². The van der Waals surface area contributed by atoms with Crippen LogP contribution < -0.4 is 10.2 Å². The Morgan fingerprint density at radius 2 is 1.89 bits per heavy atom. The molecule has 1 N–H and O–H groups in total. The van der Waals surface area contributed by atoms with E-state index in [0.717, 1.165) is 24.5 Å². The van der Waals surface area contributed by atoms with Crippen molar-refractivity contribution in [1.82, 2.24) is 4.90 Å². The maximum absolute atomic E-state index is 11.9. The molecule has 0 saturated carbocycles. The topological polar surface area (TPSA) is 44.8 Å². The average Bonchev–Trinajstić information content (AvgIpc) is 2.40. The van der Waals surface area contributed by atoms with Crippen LogP contribution in [0.25, 0.3) is 0 Å². The lowest BCUT2D eigenvalue weighted by Gasteiger charge is -2.25. The van der Waals surface area contributed by atoms with Crippen LogP contribution in [0, 0.1) is 0 Å². The lowest BCUT2D eigenvalue weighted by molar-refractivity contribution is -0.118. The number of nitrogens with one attached hydrogen (secondary N) is 1. The Morgan fingerprint density at radius 1 is 1.26 bits per heavy atom. The molecule has 1 aromatic rings. The highest BCUT2D eigenvalue weighted by Crippen LogP contribution is 2.15. The van der Waals surface area contributed by atoms with Gasteiger partial charge in [0.15, 0.2) is 0 Å². The summed E-state index contributed by atoms with van der Waals surface area (Å²) in [5.74, 6) is 0.0273. The van der Waals surface area contributed by atoms with Crippen LogP contribution in [0.4, 0.5) is 11.4 Å². The molecule has 0 spiro atoms. The van der Waals surface area contributed by atoms with E-state index in [1.54, 1.807) is 0 Å². The third-order valence-corrected chi connectivity index (χ3v) is 3.14. The first kappa shape index (κ1) is 13.8. The molecule has 1 heterocycles. The number of morpholine rings is 1. The van der Waals surface area contributed by atoms with Crippen molar-refractivity contribution < 1.29 is 9.53 Å². The second-order valence-electron chi connectivity index (χ2n) is 4.88. The highest BCUT2D eigenvalue weighted by molar-refractivity contribution is 5.92. The van der Waals surface area contributed by atoms with Crippen LogP contribution in [-0.4, -0.2) is 57.8 Å². The normalized spacial score (nSPS) is 16.1. The predicted molar refractivity (Wildman–Crippen MR) is 76.7 cm³/mol. The van der Waals surface area contributed by atoms with Gasteiger partial charge in [-0.15, -0.1) is 0 Å². The summed E-state index contributed by atoms with van der Waals surface area (Å²) < 4.78 is 5.26. The third-order valence-electron chi connectivity index (χ3n) is 3.14. The fourth-order valence-electron chi connectivity index (χ4n) is 2.01. The van der Waals surface area contributed by atoms with Gasteiger partial charge in [0.25, 0.3) is 0 Å². The summed E-state index contributed by atoms with van der Waals surface area (Å²) in [6.07, 6.45) is 0. The quantitative estimate of drug-likeness (QED) is 0.881. The van der Waals surface area contributed by atoms with Crippen molar-refractivity contribution in [2.24, 2.45) is 0 Å². The minimum absolute atomic E-state index is 0.0273. The lowest BCUT2D eigenvalue weighted by Crippen LogP contribution is -2.41. The number of amides is 1. The van der Waals surface area contributed by atoms with Gasteiger partial charge in [-0.25, -0.2) is 0 Å². The smallest absolute Gasteiger partial charge is 0.238 e. The highest BCUT2D eigenvalue weighted by Gasteiger charge is 2.14. The summed E-state index contributed by atoms with van der Waals surface area (Å²) in [6, 6.07) is 7.83. The fraction of sp³-hybridized carbons (Fsp3) is 0.500. The Hall–Kier alpha value is -1.59. The maximum Gasteiger partial charge on any atom is 0.238 e. The summed E-state index contributed by atoms with van der Waals surface area (Å²) >= 11 is 0. The number of carbonyl (C=O) groups is 1. The van der Waals surface area contributed by atoms with Crippen LogP contribution in [0.15, 0.2) is 24.3 Å². The first-order valence-corrected chi connectivity index (χ1v) is 6.52. The molecule has 5 heteroatoms. The molecule has 5 nitrogen and oxygen atoms in total. The molecule has 1 amide bonds. The van der Waals surface area contributed by atoms with Crippen LogP contribution >= 0.6 is 0 Å². The van der Waals surface area contributed by atoms with Crippen molar-refractivity contribution in [2.75, 3.05) is 57.2 Å². The van der Waals surface area contributed by atoms with E-state index in [0.29, 0.717) is 19.8 Å². The number of benzene rings is 1. The van der Waals surface area contributed by atoms with E-state index >= 15 is 0 Å². The number of nitrogens with zero attached hydrogens (tertiary/aromatic N) is 2. The first-order valence-electron chi connectivity index (χ1n) is 6.52. The van der Waals surface area contributed by atoms with E-state index in [2.05, 4.69) is 10.2 Å². The van der Waals surface area contributed by atoms with E-state index in [-0.39, 0.29) is 5.91 Å². The lowest BCUT2D eigenvalue weighted by atomic mass is 10.2. The fourth-order valence-corrected chi connectivity index (χ4v) is 2.01. The Kier molecular flexibility index (Phi) is 4.76. The number of rotatable bonds is 4. The van der Waals surface area contributed by atoms with Gasteiger partial charge < -0.3 is 15.0 Å². The Balaban J connectivity index is 1.84. The van der Waals surface area contributed by atoms with Crippen molar-refractivity contribution >= 4 is 17.3 Å². The molecule has 1 aromatic carbocycles. The van der Waals surface area contributed by atoms with Crippen LogP contribution in [0.1, 0.15) is 0 Å². The van der Waals surface area contributed by atoms with E-state index in [1.165, 1.54) is 0 Å². The van der Waals surface area contributed by atoms with Gasteiger partial charge in [0.1, 0.15) is 0 Å². The van der Waals surface area contributed by atoms with E-state index in [9.17, 15) is 4.79 Å². The maximum atomic E-state index is 11.9. The number of anilines is 2. The Bertz CT molecular complexity index is 411. The summed E-state index contributed by atoms with van der Waals surface area (Å²) in [7, 11) is 3.98. The van der Waals surface area contributed by atoms with Crippen molar-refractivity contribution in [2.45, 2.75) is 0 Å². The van der Waals surface area contributed by atoms with Crippen LogP contribution in [0.2, 0.25) is 0 Å². The van der Waals surface area contributed by atoms with Crippen molar-refractivity contribution in [3.8, 4) is 0 Å². The van der Waals surface area contributed by atoms with Crippen molar-refractivity contribution in [3.05, 3.63) is 24.3 Å². The molecule has 0 atom stereocenters.